The molecule has 0 saturated carbocycles. The molecule has 1 aliphatic heterocycles. The molecule has 0 aromatic heterocycles. The van der Waals surface area contributed by atoms with Gasteiger partial charge in [0, 0.05) is 19.6 Å². The van der Waals surface area contributed by atoms with Gasteiger partial charge in [0.05, 0.1) is 12.7 Å². The van der Waals surface area contributed by atoms with E-state index in [1.165, 1.54) is 19.6 Å². The number of fused-ring (bicyclic) bond motifs is 2. The van der Waals surface area contributed by atoms with Gasteiger partial charge in [-0.15, -0.1) is 0 Å². The minimum Gasteiger partial charge on any atom is -0.495 e. The highest BCUT2D eigenvalue weighted by Crippen LogP contribution is 2.47. The zero-order valence-corrected chi connectivity index (χ0v) is 15.7. The Labute approximate surface area is 156 Å². The number of hydrogen-bond acceptors (Lipinski definition) is 4. The molecular weight excluding hydrogens is 346 g/mol. The average Bonchev–Trinajstić information content (AvgIpc) is 2.66. The van der Waals surface area contributed by atoms with Gasteiger partial charge in [0.1, 0.15) is 11.8 Å². The molecule has 2 nitrogen and oxygen atoms in total. The summed E-state index contributed by atoms with van der Waals surface area (Å²) >= 11 is 3.72. The first-order valence-corrected chi connectivity index (χ1v) is 9.43. The molecule has 0 N–H and O–H groups in total. The molecule has 0 fully saturated rings. The third kappa shape index (κ3) is 4.19. The van der Waals surface area contributed by atoms with E-state index in [4.69, 9.17) is 10.00 Å². The second-order valence-electron chi connectivity index (χ2n) is 5.41. The van der Waals surface area contributed by atoms with Gasteiger partial charge in [0.2, 0.25) is 0 Å². The SMILES string of the molecule is COc1ccc(C)cc1C#N.c1ccc2c(c1)Sc1ccccc1S2. The molecule has 0 aliphatic carbocycles. The Kier molecular flexibility index (Phi) is 5.70. The third-order valence-electron chi connectivity index (χ3n) is 3.61. The van der Waals surface area contributed by atoms with E-state index >= 15 is 0 Å². The fourth-order valence-corrected chi connectivity index (χ4v) is 4.62. The summed E-state index contributed by atoms with van der Waals surface area (Å²) < 4.78 is 4.97. The summed E-state index contributed by atoms with van der Waals surface area (Å²) in [4.78, 5) is 5.49. The third-order valence-corrected chi connectivity index (χ3v) is 6.18. The number of nitrogens with zero attached hydrogens (tertiary/aromatic N) is 1. The highest BCUT2D eigenvalue weighted by molar-refractivity contribution is 8.05. The van der Waals surface area contributed by atoms with E-state index in [0.29, 0.717) is 11.3 Å². The lowest BCUT2D eigenvalue weighted by Gasteiger charge is -2.17. The van der Waals surface area contributed by atoms with E-state index < -0.39 is 0 Å². The fourth-order valence-electron chi connectivity index (χ4n) is 2.38. The second kappa shape index (κ2) is 8.15. The van der Waals surface area contributed by atoms with E-state index in [0.717, 1.165) is 5.56 Å². The largest absolute Gasteiger partial charge is 0.495 e. The van der Waals surface area contributed by atoms with Gasteiger partial charge in [0.25, 0.3) is 0 Å². The van der Waals surface area contributed by atoms with Gasteiger partial charge in [-0.3, -0.25) is 0 Å². The molecule has 0 amide bonds. The van der Waals surface area contributed by atoms with Crippen molar-refractivity contribution in [3.05, 3.63) is 77.9 Å². The van der Waals surface area contributed by atoms with Crippen molar-refractivity contribution in [3.8, 4) is 11.8 Å². The van der Waals surface area contributed by atoms with Crippen molar-refractivity contribution in [3.63, 3.8) is 0 Å². The van der Waals surface area contributed by atoms with Crippen molar-refractivity contribution < 1.29 is 4.74 Å². The van der Waals surface area contributed by atoms with Gasteiger partial charge in [-0.2, -0.15) is 5.26 Å². The van der Waals surface area contributed by atoms with Crippen LogP contribution in [0.3, 0.4) is 0 Å². The summed E-state index contributed by atoms with van der Waals surface area (Å²) in [5, 5.41) is 8.64. The number of aryl methyl sites for hydroxylation is 1. The van der Waals surface area contributed by atoms with Crippen LogP contribution in [0.5, 0.6) is 5.75 Å². The number of benzene rings is 3. The van der Waals surface area contributed by atoms with E-state index in [-0.39, 0.29) is 0 Å². The quantitative estimate of drug-likeness (QED) is 0.404. The smallest absolute Gasteiger partial charge is 0.136 e. The van der Waals surface area contributed by atoms with Gasteiger partial charge in [-0.25, -0.2) is 0 Å². The molecular formula is C21H17NOS2. The van der Waals surface area contributed by atoms with E-state index in [1.54, 1.807) is 19.2 Å². The van der Waals surface area contributed by atoms with Gasteiger partial charge in [-0.1, -0.05) is 53.9 Å². The van der Waals surface area contributed by atoms with Crippen molar-refractivity contribution in [1.29, 1.82) is 5.26 Å². The Morgan fingerprint density at radius 1 is 0.800 bits per heavy atom. The average molecular weight is 364 g/mol. The maximum absolute atomic E-state index is 8.64. The molecule has 0 radical (unpaired) electrons. The van der Waals surface area contributed by atoms with Crippen LogP contribution in [0, 0.1) is 18.3 Å². The van der Waals surface area contributed by atoms with Crippen molar-refractivity contribution in [2.75, 3.05) is 7.11 Å². The lowest BCUT2D eigenvalue weighted by atomic mass is 10.1. The maximum Gasteiger partial charge on any atom is 0.136 e. The van der Waals surface area contributed by atoms with Crippen LogP contribution in [0.4, 0.5) is 0 Å². The van der Waals surface area contributed by atoms with Crippen molar-refractivity contribution in [2.24, 2.45) is 0 Å². The normalized spacial score (nSPS) is 11.2. The predicted octanol–water partition coefficient (Wildman–Crippen LogP) is 6.18. The van der Waals surface area contributed by atoms with Gasteiger partial charge in [-0.05, 0) is 48.9 Å². The molecule has 3 aromatic rings. The number of nitriles is 1. The number of hydrogen-bond donors (Lipinski definition) is 0. The molecule has 0 bridgehead atoms. The molecule has 4 heteroatoms. The summed E-state index contributed by atoms with van der Waals surface area (Å²) in [6, 6.07) is 24.7. The molecule has 1 heterocycles. The van der Waals surface area contributed by atoms with Crippen LogP contribution in [-0.4, -0.2) is 7.11 Å². The Morgan fingerprint density at radius 3 is 1.68 bits per heavy atom. The van der Waals surface area contributed by atoms with E-state index in [2.05, 4.69) is 54.6 Å². The first-order valence-electron chi connectivity index (χ1n) is 7.80. The summed E-state index contributed by atoms with van der Waals surface area (Å²) in [6.45, 7) is 1.94. The first kappa shape index (κ1) is 17.5. The maximum atomic E-state index is 8.64. The summed E-state index contributed by atoms with van der Waals surface area (Å²) in [7, 11) is 1.56. The standard InChI is InChI=1S/C12H8S2.C9H9NO/c1-2-6-10-9(5-1)13-11-7-3-4-8-12(11)14-10;1-7-3-4-9(11-2)8(5-7)6-10/h1-8H;3-5H,1-2H3. The van der Waals surface area contributed by atoms with Gasteiger partial charge in [0.15, 0.2) is 0 Å². The van der Waals surface area contributed by atoms with E-state index in [9.17, 15) is 0 Å². The topological polar surface area (TPSA) is 33.0 Å². The Bertz CT molecular complexity index is 844. The van der Waals surface area contributed by atoms with Crippen LogP contribution in [0.1, 0.15) is 11.1 Å². The molecule has 0 spiro atoms. The fraction of sp³-hybridized carbons (Fsp3) is 0.0952. The van der Waals surface area contributed by atoms with Gasteiger partial charge < -0.3 is 4.74 Å². The molecule has 25 heavy (non-hydrogen) atoms. The molecule has 0 saturated heterocycles. The lowest BCUT2D eigenvalue weighted by molar-refractivity contribution is 0.413. The first-order chi connectivity index (χ1) is 12.2. The zero-order chi connectivity index (χ0) is 17.6. The number of methoxy groups -OCH3 is 1. The van der Waals surface area contributed by atoms with Crippen molar-refractivity contribution in [2.45, 2.75) is 26.5 Å². The van der Waals surface area contributed by atoms with Crippen LogP contribution < -0.4 is 4.74 Å². The van der Waals surface area contributed by atoms with Crippen LogP contribution in [0.25, 0.3) is 0 Å². The Morgan fingerprint density at radius 2 is 1.28 bits per heavy atom. The number of ether oxygens (including phenoxy) is 1. The Hall–Kier alpha value is -2.35. The highest BCUT2D eigenvalue weighted by Gasteiger charge is 2.14. The van der Waals surface area contributed by atoms with Crippen LogP contribution in [-0.2, 0) is 0 Å². The van der Waals surface area contributed by atoms with Gasteiger partial charge >= 0.3 is 0 Å². The molecule has 124 valence electrons. The molecule has 0 atom stereocenters. The van der Waals surface area contributed by atoms with E-state index in [1.807, 2.05) is 36.5 Å². The predicted molar refractivity (Wildman–Crippen MR) is 104 cm³/mol. The monoisotopic (exact) mass is 363 g/mol. The van der Waals surface area contributed by atoms with Crippen LogP contribution in [0.15, 0.2) is 86.3 Å². The van der Waals surface area contributed by atoms with Crippen molar-refractivity contribution in [1.82, 2.24) is 0 Å². The minimum absolute atomic E-state index is 0.590. The molecule has 0 unspecified atom stereocenters. The van der Waals surface area contributed by atoms with Crippen molar-refractivity contribution >= 4 is 23.5 Å². The van der Waals surface area contributed by atoms with Crippen LogP contribution in [0.2, 0.25) is 0 Å². The summed E-state index contributed by atoms with van der Waals surface area (Å²) in [5.41, 5.74) is 1.66. The minimum atomic E-state index is 0.590. The second-order valence-corrected chi connectivity index (χ2v) is 7.58. The molecule has 4 rings (SSSR count). The number of rotatable bonds is 1. The lowest BCUT2D eigenvalue weighted by Crippen LogP contribution is -1.87. The molecule has 1 aliphatic rings. The zero-order valence-electron chi connectivity index (χ0n) is 14.0. The summed E-state index contributed by atoms with van der Waals surface area (Å²) in [6.07, 6.45) is 0. The summed E-state index contributed by atoms with van der Waals surface area (Å²) in [5.74, 6) is 0.637. The highest BCUT2D eigenvalue weighted by atomic mass is 32.2. The Balaban J connectivity index is 0.000000151. The molecule has 3 aromatic carbocycles. The van der Waals surface area contributed by atoms with Crippen LogP contribution >= 0.6 is 23.5 Å².